The number of aliphatic hydroxyl groups excluding tert-OH is 1. The second kappa shape index (κ2) is 12.8. The van der Waals surface area contributed by atoms with Gasteiger partial charge in [0.05, 0.1) is 18.3 Å². The van der Waals surface area contributed by atoms with E-state index < -0.39 is 12.1 Å². The molecule has 0 aliphatic rings. The van der Waals surface area contributed by atoms with E-state index in [1.54, 1.807) is 31.2 Å². The van der Waals surface area contributed by atoms with E-state index in [2.05, 4.69) is 6.92 Å². The van der Waals surface area contributed by atoms with Crippen molar-refractivity contribution < 1.29 is 19.4 Å². The number of aliphatic hydroxyl groups is 1. The van der Waals surface area contributed by atoms with Crippen molar-refractivity contribution in [3.05, 3.63) is 83.9 Å². The molecule has 0 saturated carbocycles. The van der Waals surface area contributed by atoms with Crippen LogP contribution in [0, 0.1) is 0 Å². The number of carbonyl (C=O) groups is 1. The quantitative estimate of drug-likeness (QED) is 0.179. The van der Waals surface area contributed by atoms with Gasteiger partial charge in [-0.05, 0) is 66.4 Å². The molecule has 33 heavy (non-hydrogen) atoms. The Hall–Kier alpha value is -3.11. The Labute approximate surface area is 197 Å². The van der Waals surface area contributed by atoms with Crippen LogP contribution >= 0.6 is 0 Å². The number of hydrogen-bond acceptors (Lipinski definition) is 4. The lowest BCUT2D eigenvalue weighted by atomic mass is 10.0. The molecule has 0 heterocycles. The number of hydrogen-bond donors (Lipinski definition) is 1. The maximum absolute atomic E-state index is 12.5. The van der Waals surface area contributed by atoms with Crippen LogP contribution in [0.5, 0.6) is 11.5 Å². The van der Waals surface area contributed by atoms with Crippen molar-refractivity contribution >= 4 is 5.97 Å². The Morgan fingerprint density at radius 3 is 1.91 bits per heavy atom. The highest BCUT2D eigenvalue weighted by Gasteiger charge is 2.10. The zero-order valence-electron chi connectivity index (χ0n) is 19.6. The molecule has 1 N–H and O–H groups in total. The first-order valence-corrected chi connectivity index (χ1v) is 11.9. The second-order valence-corrected chi connectivity index (χ2v) is 8.35. The van der Waals surface area contributed by atoms with Crippen LogP contribution in [-0.4, -0.2) is 17.7 Å². The van der Waals surface area contributed by atoms with Crippen molar-refractivity contribution in [3.8, 4) is 22.6 Å². The second-order valence-electron chi connectivity index (χ2n) is 8.35. The first-order chi connectivity index (χ1) is 16.1. The lowest BCUT2D eigenvalue weighted by Gasteiger charge is -2.09. The van der Waals surface area contributed by atoms with E-state index in [0.717, 1.165) is 28.9 Å². The zero-order chi connectivity index (χ0) is 23.5. The summed E-state index contributed by atoms with van der Waals surface area (Å²) in [7, 11) is 0. The summed E-state index contributed by atoms with van der Waals surface area (Å²) in [6.45, 7) is 4.67. The molecule has 3 aromatic rings. The fourth-order valence-electron chi connectivity index (χ4n) is 3.60. The van der Waals surface area contributed by atoms with Gasteiger partial charge in [0.15, 0.2) is 0 Å². The van der Waals surface area contributed by atoms with Gasteiger partial charge in [0.25, 0.3) is 0 Å². The minimum atomic E-state index is -0.489. The van der Waals surface area contributed by atoms with Crippen LogP contribution in [0.1, 0.15) is 74.4 Å². The van der Waals surface area contributed by atoms with E-state index >= 15 is 0 Å². The summed E-state index contributed by atoms with van der Waals surface area (Å²) < 4.78 is 11.3. The van der Waals surface area contributed by atoms with Crippen LogP contribution in [0.4, 0.5) is 0 Å². The van der Waals surface area contributed by atoms with Crippen LogP contribution in [0.15, 0.2) is 72.8 Å². The third-order valence-corrected chi connectivity index (χ3v) is 5.65. The molecule has 0 bridgehead atoms. The molecule has 3 rings (SSSR count). The van der Waals surface area contributed by atoms with Crippen LogP contribution in [0.3, 0.4) is 0 Å². The molecule has 3 aromatic carbocycles. The van der Waals surface area contributed by atoms with Crippen molar-refractivity contribution in [2.45, 2.75) is 58.5 Å². The van der Waals surface area contributed by atoms with Crippen LogP contribution in [0.2, 0.25) is 0 Å². The minimum absolute atomic E-state index is 0.397. The Kier molecular flexibility index (Phi) is 9.52. The summed E-state index contributed by atoms with van der Waals surface area (Å²) in [5.41, 5.74) is 3.38. The Morgan fingerprint density at radius 2 is 1.30 bits per heavy atom. The highest BCUT2D eigenvalue weighted by Crippen LogP contribution is 2.24. The first-order valence-electron chi connectivity index (χ1n) is 11.9. The first kappa shape index (κ1) is 24.5. The van der Waals surface area contributed by atoms with E-state index in [1.807, 2.05) is 48.5 Å². The number of unbranched alkanes of at least 4 members (excludes halogenated alkanes) is 5. The lowest BCUT2D eigenvalue weighted by molar-refractivity contribution is 0.0734. The van der Waals surface area contributed by atoms with Gasteiger partial charge in [0.1, 0.15) is 11.5 Å². The average molecular weight is 447 g/mol. The zero-order valence-corrected chi connectivity index (χ0v) is 19.6. The van der Waals surface area contributed by atoms with Gasteiger partial charge in [-0.15, -0.1) is 0 Å². The highest BCUT2D eigenvalue weighted by atomic mass is 16.5. The summed E-state index contributed by atoms with van der Waals surface area (Å²) in [5, 5.41) is 9.64. The van der Waals surface area contributed by atoms with E-state index in [-0.39, 0.29) is 0 Å². The summed E-state index contributed by atoms with van der Waals surface area (Å²) in [4.78, 5) is 12.5. The van der Waals surface area contributed by atoms with Gasteiger partial charge in [-0.3, -0.25) is 0 Å². The summed E-state index contributed by atoms with van der Waals surface area (Å²) >= 11 is 0. The van der Waals surface area contributed by atoms with Crippen LogP contribution < -0.4 is 9.47 Å². The van der Waals surface area contributed by atoms with E-state index in [0.29, 0.717) is 17.9 Å². The average Bonchev–Trinajstić information content (AvgIpc) is 2.84. The molecule has 4 nitrogen and oxygen atoms in total. The Morgan fingerprint density at radius 1 is 0.758 bits per heavy atom. The molecule has 0 aromatic heterocycles. The molecule has 0 saturated heterocycles. The van der Waals surface area contributed by atoms with Crippen LogP contribution in [0.25, 0.3) is 11.1 Å². The minimum Gasteiger partial charge on any atom is -0.494 e. The Balaban J connectivity index is 1.47. The van der Waals surface area contributed by atoms with Crippen molar-refractivity contribution in [1.82, 2.24) is 0 Å². The smallest absolute Gasteiger partial charge is 0.343 e. The third-order valence-electron chi connectivity index (χ3n) is 5.65. The predicted octanol–water partition coefficient (Wildman–Crippen LogP) is 7.37. The molecule has 4 heteroatoms. The molecule has 1 unspecified atom stereocenters. The predicted molar refractivity (Wildman–Crippen MR) is 133 cm³/mol. The van der Waals surface area contributed by atoms with Gasteiger partial charge in [-0.25, -0.2) is 4.79 Å². The normalized spacial score (nSPS) is 11.7. The molecule has 0 aliphatic heterocycles. The van der Waals surface area contributed by atoms with Gasteiger partial charge in [-0.1, -0.05) is 75.4 Å². The van der Waals surface area contributed by atoms with Crippen molar-refractivity contribution in [2.24, 2.45) is 0 Å². The fourth-order valence-corrected chi connectivity index (χ4v) is 3.60. The van der Waals surface area contributed by atoms with Crippen LogP contribution in [-0.2, 0) is 0 Å². The molecule has 0 spiro atoms. The molecule has 0 radical (unpaired) electrons. The molecule has 174 valence electrons. The number of carbonyl (C=O) groups excluding carboxylic acids is 1. The van der Waals surface area contributed by atoms with Crippen molar-refractivity contribution in [1.29, 1.82) is 0 Å². The largest absolute Gasteiger partial charge is 0.494 e. The van der Waals surface area contributed by atoms with Gasteiger partial charge in [0.2, 0.25) is 0 Å². The van der Waals surface area contributed by atoms with E-state index in [9.17, 15) is 9.90 Å². The fraction of sp³-hybridized carbons (Fsp3) is 0.345. The molecular formula is C29H34O4. The number of rotatable bonds is 12. The summed E-state index contributed by atoms with van der Waals surface area (Å²) in [6.07, 6.45) is 6.90. The van der Waals surface area contributed by atoms with Gasteiger partial charge < -0.3 is 14.6 Å². The SMILES string of the molecule is CCCCCCCCOc1ccc(OC(=O)c2ccc(-c3ccc(C(C)O)cc3)cc2)cc1. The molecule has 0 aliphatic carbocycles. The number of esters is 1. The maximum atomic E-state index is 12.5. The standard InChI is InChI=1S/C29H34O4/c1-3-4-5-6-7-8-21-32-27-17-19-28(20-18-27)33-29(31)26-15-13-25(14-16-26)24-11-9-23(10-12-24)22(2)30/h9-20,22,30H,3-8,21H2,1-2H3. The van der Waals surface area contributed by atoms with E-state index in [1.165, 1.54) is 32.1 Å². The third kappa shape index (κ3) is 7.76. The molecule has 0 amide bonds. The summed E-state index contributed by atoms with van der Waals surface area (Å²) in [6, 6.07) is 22.2. The number of ether oxygens (including phenoxy) is 2. The van der Waals surface area contributed by atoms with Gasteiger partial charge in [-0.2, -0.15) is 0 Å². The molecular weight excluding hydrogens is 412 g/mol. The van der Waals surface area contributed by atoms with Crippen molar-refractivity contribution in [3.63, 3.8) is 0 Å². The molecule has 0 fully saturated rings. The topological polar surface area (TPSA) is 55.8 Å². The Bertz CT molecular complexity index is 974. The molecule has 1 atom stereocenters. The lowest BCUT2D eigenvalue weighted by Crippen LogP contribution is -2.08. The monoisotopic (exact) mass is 446 g/mol. The summed E-state index contributed by atoms with van der Waals surface area (Å²) in [5.74, 6) is 0.880. The maximum Gasteiger partial charge on any atom is 0.343 e. The van der Waals surface area contributed by atoms with Gasteiger partial charge >= 0.3 is 5.97 Å². The van der Waals surface area contributed by atoms with Gasteiger partial charge in [0, 0.05) is 0 Å². The highest BCUT2D eigenvalue weighted by molar-refractivity contribution is 5.91. The van der Waals surface area contributed by atoms with E-state index in [4.69, 9.17) is 9.47 Å². The number of benzene rings is 3. The van der Waals surface area contributed by atoms with Crippen molar-refractivity contribution in [2.75, 3.05) is 6.61 Å².